The topological polar surface area (TPSA) is 55.1 Å². The number of carbonyl (C=O) groups excluding carboxylic acids is 1. The third-order valence-electron chi connectivity index (χ3n) is 3.87. The SMILES string of the molecule is CC(=O)NC1CCC(Cc2cc(F)ccc2N)CC1. The standard InChI is InChI=1S/C15H21FN2O/c1-10(19)18-14-5-2-11(3-6-14)8-12-9-13(16)4-7-15(12)17/h4,7,9,11,14H,2-3,5-6,8,17H2,1H3,(H,18,19). The summed E-state index contributed by atoms with van der Waals surface area (Å²) in [6.07, 6.45) is 4.94. The predicted octanol–water partition coefficient (Wildman–Crippen LogP) is 2.65. The van der Waals surface area contributed by atoms with Crippen molar-refractivity contribution in [1.82, 2.24) is 5.32 Å². The minimum Gasteiger partial charge on any atom is -0.399 e. The van der Waals surface area contributed by atoms with Gasteiger partial charge in [0.15, 0.2) is 0 Å². The molecule has 4 heteroatoms. The molecule has 3 N–H and O–H groups in total. The number of carbonyl (C=O) groups is 1. The zero-order chi connectivity index (χ0) is 13.8. The largest absolute Gasteiger partial charge is 0.399 e. The number of nitrogens with one attached hydrogen (secondary N) is 1. The Balaban J connectivity index is 1.88. The number of anilines is 1. The van der Waals surface area contributed by atoms with Gasteiger partial charge in [0.25, 0.3) is 0 Å². The molecule has 1 aromatic carbocycles. The second-order valence-corrected chi connectivity index (χ2v) is 5.47. The Bertz CT molecular complexity index is 453. The van der Waals surface area contributed by atoms with E-state index in [4.69, 9.17) is 5.73 Å². The van der Waals surface area contributed by atoms with E-state index in [9.17, 15) is 9.18 Å². The molecule has 19 heavy (non-hydrogen) atoms. The Morgan fingerprint density at radius 2 is 2.05 bits per heavy atom. The second kappa shape index (κ2) is 6.04. The van der Waals surface area contributed by atoms with Gasteiger partial charge in [0.1, 0.15) is 5.82 Å². The third kappa shape index (κ3) is 3.94. The van der Waals surface area contributed by atoms with Crippen LogP contribution < -0.4 is 11.1 Å². The number of nitrogen functional groups attached to an aromatic ring is 1. The van der Waals surface area contributed by atoms with E-state index in [0.717, 1.165) is 37.7 Å². The van der Waals surface area contributed by atoms with E-state index in [1.807, 2.05) is 0 Å². The maximum absolute atomic E-state index is 13.2. The van der Waals surface area contributed by atoms with Gasteiger partial charge in [-0.05, 0) is 61.8 Å². The van der Waals surface area contributed by atoms with Crippen molar-refractivity contribution >= 4 is 11.6 Å². The first-order valence-corrected chi connectivity index (χ1v) is 6.85. The summed E-state index contributed by atoms with van der Waals surface area (Å²) in [5.41, 5.74) is 7.45. The van der Waals surface area contributed by atoms with Crippen LogP contribution in [0.3, 0.4) is 0 Å². The van der Waals surface area contributed by atoms with Crippen LogP contribution in [0, 0.1) is 11.7 Å². The Labute approximate surface area is 113 Å². The van der Waals surface area contributed by atoms with E-state index in [-0.39, 0.29) is 11.7 Å². The summed E-state index contributed by atoms with van der Waals surface area (Å²) < 4.78 is 13.2. The van der Waals surface area contributed by atoms with Crippen LogP contribution in [0.15, 0.2) is 18.2 Å². The maximum Gasteiger partial charge on any atom is 0.217 e. The fourth-order valence-corrected chi connectivity index (χ4v) is 2.86. The second-order valence-electron chi connectivity index (χ2n) is 5.47. The minimum atomic E-state index is -0.226. The van der Waals surface area contributed by atoms with Crippen molar-refractivity contribution < 1.29 is 9.18 Å². The highest BCUT2D eigenvalue weighted by atomic mass is 19.1. The number of nitrogens with two attached hydrogens (primary N) is 1. The fourth-order valence-electron chi connectivity index (χ4n) is 2.86. The Hall–Kier alpha value is -1.58. The molecule has 0 saturated heterocycles. The summed E-state index contributed by atoms with van der Waals surface area (Å²) in [4.78, 5) is 11.0. The van der Waals surface area contributed by atoms with Crippen molar-refractivity contribution in [2.24, 2.45) is 5.92 Å². The van der Waals surface area contributed by atoms with Crippen LogP contribution in [-0.2, 0) is 11.2 Å². The number of hydrogen-bond acceptors (Lipinski definition) is 2. The number of benzene rings is 1. The van der Waals surface area contributed by atoms with Crippen LogP contribution in [-0.4, -0.2) is 11.9 Å². The quantitative estimate of drug-likeness (QED) is 0.825. The molecule has 1 aliphatic rings. The molecular weight excluding hydrogens is 243 g/mol. The van der Waals surface area contributed by atoms with Gasteiger partial charge in [0.05, 0.1) is 0 Å². The average Bonchev–Trinajstić information content (AvgIpc) is 2.35. The predicted molar refractivity (Wildman–Crippen MR) is 74.1 cm³/mol. The Morgan fingerprint density at radius 1 is 1.37 bits per heavy atom. The molecule has 0 atom stereocenters. The van der Waals surface area contributed by atoms with Gasteiger partial charge in [-0.25, -0.2) is 4.39 Å². The van der Waals surface area contributed by atoms with Gasteiger partial charge in [-0.1, -0.05) is 0 Å². The fraction of sp³-hybridized carbons (Fsp3) is 0.533. The van der Waals surface area contributed by atoms with E-state index in [1.54, 1.807) is 13.0 Å². The van der Waals surface area contributed by atoms with Crippen LogP contribution in [0.2, 0.25) is 0 Å². The lowest BCUT2D eigenvalue weighted by Crippen LogP contribution is -2.36. The number of halogens is 1. The maximum atomic E-state index is 13.2. The van der Waals surface area contributed by atoms with E-state index in [2.05, 4.69) is 5.32 Å². The van der Waals surface area contributed by atoms with Gasteiger partial charge in [0, 0.05) is 18.7 Å². The molecule has 1 fully saturated rings. The zero-order valence-corrected chi connectivity index (χ0v) is 11.3. The van der Waals surface area contributed by atoms with Crippen molar-refractivity contribution in [2.75, 3.05) is 5.73 Å². The number of hydrogen-bond donors (Lipinski definition) is 2. The van der Waals surface area contributed by atoms with Crippen LogP contribution in [0.4, 0.5) is 10.1 Å². The molecule has 1 saturated carbocycles. The molecular formula is C15H21FN2O. The smallest absolute Gasteiger partial charge is 0.217 e. The zero-order valence-electron chi connectivity index (χ0n) is 11.3. The van der Waals surface area contributed by atoms with Crippen molar-refractivity contribution in [3.63, 3.8) is 0 Å². The molecule has 0 bridgehead atoms. The monoisotopic (exact) mass is 264 g/mol. The van der Waals surface area contributed by atoms with Gasteiger partial charge in [0.2, 0.25) is 5.91 Å². The third-order valence-corrected chi connectivity index (χ3v) is 3.87. The molecule has 0 heterocycles. The van der Waals surface area contributed by atoms with Crippen molar-refractivity contribution in [3.05, 3.63) is 29.6 Å². The lowest BCUT2D eigenvalue weighted by Gasteiger charge is -2.29. The summed E-state index contributed by atoms with van der Waals surface area (Å²) in [5, 5.41) is 2.96. The van der Waals surface area contributed by atoms with Crippen LogP contribution >= 0.6 is 0 Å². The highest BCUT2D eigenvalue weighted by molar-refractivity contribution is 5.73. The van der Waals surface area contributed by atoms with Gasteiger partial charge in [-0.2, -0.15) is 0 Å². The molecule has 104 valence electrons. The molecule has 0 aliphatic heterocycles. The van der Waals surface area contributed by atoms with E-state index < -0.39 is 0 Å². The lowest BCUT2D eigenvalue weighted by atomic mass is 9.82. The Morgan fingerprint density at radius 3 is 2.68 bits per heavy atom. The summed E-state index contributed by atoms with van der Waals surface area (Å²) in [6, 6.07) is 4.87. The van der Waals surface area contributed by atoms with E-state index in [1.165, 1.54) is 12.1 Å². The molecule has 1 aliphatic carbocycles. The lowest BCUT2D eigenvalue weighted by molar-refractivity contribution is -0.119. The molecule has 1 amide bonds. The summed E-state index contributed by atoms with van der Waals surface area (Å²) >= 11 is 0. The van der Waals surface area contributed by atoms with Crippen molar-refractivity contribution in [3.8, 4) is 0 Å². The van der Waals surface area contributed by atoms with Crippen LogP contribution in [0.5, 0.6) is 0 Å². The van der Waals surface area contributed by atoms with Crippen molar-refractivity contribution in [1.29, 1.82) is 0 Å². The molecule has 1 aromatic rings. The van der Waals surface area contributed by atoms with E-state index >= 15 is 0 Å². The first kappa shape index (κ1) is 13.8. The minimum absolute atomic E-state index is 0.0397. The number of amides is 1. The summed E-state index contributed by atoms with van der Waals surface area (Å²) in [6.45, 7) is 1.56. The van der Waals surface area contributed by atoms with Gasteiger partial charge in [-0.3, -0.25) is 4.79 Å². The first-order chi connectivity index (χ1) is 9.04. The van der Waals surface area contributed by atoms with Crippen LogP contribution in [0.25, 0.3) is 0 Å². The highest BCUT2D eigenvalue weighted by Crippen LogP contribution is 2.29. The summed E-state index contributed by atoms with van der Waals surface area (Å²) in [7, 11) is 0. The average molecular weight is 264 g/mol. The van der Waals surface area contributed by atoms with Crippen molar-refractivity contribution in [2.45, 2.75) is 45.1 Å². The Kier molecular flexibility index (Phi) is 4.40. The normalized spacial score (nSPS) is 23.1. The molecule has 0 radical (unpaired) electrons. The molecule has 3 nitrogen and oxygen atoms in total. The number of rotatable bonds is 3. The van der Waals surface area contributed by atoms with E-state index in [0.29, 0.717) is 17.6 Å². The van der Waals surface area contributed by atoms with Gasteiger partial charge in [-0.15, -0.1) is 0 Å². The highest BCUT2D eigenvalue weighted by Gasteiger charge is 2.22. The molecule has 0 unspecified atom stereocenters. The summed E-state index contributed by atoms with van der Waals surface area (Å²) in [5.74, 6) is 0.350. The molecule has 2 rings (SSSR count). The molecule has 0 spiro atoms. The van der Waals surface area contributed by atoms with Gasteiger partial charge >= 0.3 is 0 Å². The molecule has 0 aromatic heterocycles. The first-order valence-electron chi connectivity index (χ1n) is 6.85. The van der Waals surface area contributed by atoms with Gasteiger partial charge < -0.3 is 11.1 Å². The van der Waals surface area contributed by atoms with Crippen LogP contribution in [0.1, 0.15) is 38.2 Å².